The predicted molar refractivity (Wildman–Crippen MR) is 111 cm³/mol. The number of nitrogens with zero attached hydrogens (tertiary/aromatic N) is 4. The van der Waals surface area contributed by atoms with Crippen molar-refractivity contribution in [3.05, 3.63) is 46.4 Å². The number of halogens is 2. The number of nitrogen functional groups attached to an aromatic ring is 2. The molecular formula is C17H16Cl2N6O2S. The van der Waals surface area contributed by atoms with Crippen LogP contribution in [0.15, 0.2) is 36.4 Å². The molecule has 0 radical (unpaired) electrons. The highest BCUT2D eigenvalue weighted by Gasteiger charge is 2.28. The molecule has 2 heterocycles. The molecule has 0 amide bonds. The van der Waals surface area contributed by atoms with Crippen molar-refractivity contribution in [1.29, 1.82) is 0 Å². The number of rotatable bonds is 3. The summed E-state index contributed by atoms with van der Waals surface area (Å²) in [5, 5.41) is 4.79. The molecule has 0 aliphatic carbocycles. The monoisotopic (exact) mass is 438 g/mol. The van der Waals surface area contributed by atoms with E-state index in [1.165, 1.54) is 8.99 Å². The van der Waals surface area contributed by atoms with Crippen molar-refractivity contribution in [2.24, 2.45) is 0 Å². The van der Waals surface area contributed by atoms with Gasteiger partial charge in [0.15, 0.2) is 0 Å². The Hall–Kier alpha value is -2.49. The SMILES string of the molecule is Nc1nc(N)n(-c2cc(Cl)c(-c3ccc(N4CCCS4(=O)=O)cc3)c(Cl)c2)n1. The fourth-order valence-electron chi connectivity index (χ4n) is 3.21. The zero-order valence-electron chi connectivity index (χ0n) is 14.5. The summed E-state index contributed by atoms with van der Waals surface area (Å²) in [6.07, 6.45) is 0.624. The van der Waals surface area contributed by atoms with Gasteiger partial charge < -0.3 is 11.5 Å². The molecular weight excluding hydrogens is 423 g/mol. The topological polar surface area (TPSA) is 120 Å². The van der Waals surface area contributed by atoms with Crippen LogP contribution in [0.2, 0.25) is 10.0 Å². The van der Waals surface area contributed by atoms with Crippen molar-refractivity contribution in [3.8, 4) is 16.8 Å². The Morgan fingerprint density at radius 2 is 1.64 bits per heavy atom. The van der Waals surface area contributed by atoms with Gasteiger partial charge in [-0.05, 0) is 36.2 Å². The van der Waals surface area contributed by atoms with Crippen molar-refractivity contribution < 1.29 is 8.42 Å². The molecule has 3 aromatic rings. The van der Waals surface area contributed by atoms with E-state index in [9.17, 15) is 8.42 Å². The van der Waals surface area contributed by atoms with Crippen LogP contribution >= 0.6 is 23.2 Å². The zero-order chi connectivity index (χ0) is 20.1. The lowest BCUT2D eigenvalue weighted by Crippen LogP contribution is -2.24. The molecule has 4 rings (SSSR count). The number of nitrogens with two attached hydrogens (primary N) is 2. The van der Waals surface area contributed by atoms with E-state index in [1.54, 1.807) is 36.4 Å². The van der Waals surface area contributed by atoms with Crippen LogP contribution in [-0.2, 0) is 10.0 Å². The minimum atomic E-state index is -3.23. The second-order valence-corrected chi connectivity index (χ2v) is 9.14. The lowest BCUT2D eigenvalue weighted by molar-refractivity contribution is 0.599. The minimum absolute atomic E-state index is 0.0428. The number of hydrogen-bond acceptors (Lipinski definition) is 6. The van der Waals surface area contributed by atoms with Gasteiger partial charge in [0.05, 0.1) is 27.2 Å². The number of anilines is 3. The first-order valence-corrected chi connectivity index (χ1v) is 10.7. The average Bonchev–Trinajstić information content (AvgIpc) is 3.15. The largest absolute Gasteiger partial charge is 0.368 e. The molecule has 0 spiro atoms. The van der Waals surface area contributed by atoms with Gasteiger partial charge in [-0.25, -0.2) is 8.42 Å². The Bertz CT molecular complexity index is 1140. The van der Waals surface area contributed by atoms with E-state index in [1.807, 2.05) is 0 Å². The van der Waals surface area contributed by atoms with Crippen LogP contribution < -0.4 is 15.8 Å². The van der Waals surface area contributed by atoms with E-state index in [-0.39, 0.29) is 17.6 Å². The molecule has 4 N–H and O–H groups in total. The highest BCUT2D eigenvalue weighted by atomic mass is 35.5. The summed E-state index contributed by atoms with van der Waals surface area (Å²) in [7, 11) is -3.23. The zero-order valence-corrected chi connectivity index (χ0v) is 16.8. The highest BCUT2D eigenvalue weighted by molar-refractivity contribution is 7.93. The summed E-state index contributed by atoms with van der Waals surface area (Å²) in [5.41, 5.74) is 13.9. The molecule has 1 aliphatic heterocycles. The van der Waals surface area contributed by atoms with Crippen molar-refractivity contribution in [3.63, 3.8) is 0 Å². The number of aromatic nitrogens is 3. The third-order valence-corrected chi connectivity index (χ3v) is 6.93. The Balaban J connectivity index is 1.71. The summed E-state index contributed by atoms with van der Waals surface area (Å²) < 4.78 is 26.9. The summed E-state index contributed by atoms with van der Waals surface area (Å²) in [5.74, 6) is 0.332. The Morgan fingerprint density at radius 3 is 2.14 bits per heavy atom. The predicted octanol–water partition coefficient (Wildman–Crippen LogP) is 2.95. The van der Waals surface area contributed by atoms with E-state index in [0.29, 0.717) is 39.9 Å². The van der Waals surface area contributed by atoms with Crippen LogP contribution in [0.3, 0.4) is 0 Å². The molecule has 0 saturated carbocycles. The molecule has 1 aromatic heterocycles. The molecule has 0 bridgehead atoms. The van der Waals surface area contributed by atoms with Crippen molar-refractivity contribution in [2.75, 3.05) is 28.1 Å². The van der Waals surface area contributed by atoms with Crippen LogP contribution in [-0.4, -0.2) is 35.5 Å². The van der Waals surface area contributed by atoms with Gasteiger partial charge in [0, 0.05) is 12.1 Å². The highest BCUT2D eigenvalue weighted by Crippen LogP contribution is 2.38. The molecule has 1 fully saturated rings. The lowest BCUT2D eigenvalue weighted by Gasteiger charge is -2.17. The van der Waals surface area contributed by atoms with Gasteiger partial charge in [0.25, 0.3) is 0 Å². The minimum Gasteiger partial charge on any atom is -0.368 e. The molecule has 28 heavy (non-hydrogen) atoms. The quantitative estimate of drug-likeness (QED) is 0.648. The fraction of sp³-hybridized carbons (Fsp3) is 0.176. The van der Waals surface area contributed by atoms with Crippen LogP contribution in [0.4, 0.5) is 17.6 Å². The summed E-state index contributed by atoms with van der Waals surface area (Å²) in [6.45, 7) is 0.486. The maximum Gasteiger partial charge on any atom is 0.241 e. The molecule has 0 unspecified atom stereocenters. The maximum atomic E-state index is 12.1. The summed E-state index contributed by atoms with van der Waals surface area (Å²) >= 11 is 12.9. The van der Waals surface area contributed by atoms with E-state index in [0.717, 1.165) is 5.56 Å². The van der Waals surface area contributed by atoms with Gasteiger partial charge in [-0.2, -0.15) is 9.67 Å². The summed E-state index contributed by atoms with van der Waals surface area (Å²) in [4.78, 5) is 3.85. The lowest BCUT2D eigenvalue weighted by atomic mass is 10.0. The maximum absolute atomic E-state index is 12.1. The van der Waals surface area contributed by atoms with Gasteiger partial charge in [0.1, 0.15) is 0 Å². The standard InChI is InChI=1S/C17H16Cl2N6O2S/c18-13-8-12(25-17(21)22-16(20)23-25)9-14(19)15(13)10-2-4-11(5-3-10)24-6-1-7-28(24,26)27/h2-5,8-9H,1,6-7H2,(H4,20,21,22,23). The third kappa shape index (κ3) is 3.25. The average molecular weight is 439 g/mol. The fourth-order valence-corrected chi connectivity index (χ4v) is 5.47. The molecule has 8 nitrogen and oxygen atoms in total. The molecule has 146 valence electrons. The second kappa shape index (κ2) is 6.84. The molecule has 0 atom stereocenters. The van der Waals surface area contributed by atoms with E-state index in [2.05, 4.69) is 10.1 Å². The van der Waals surface area contributed by atoms with Crippen LogP contribution in [0.1, 0.15) is 6.42 Å². The molecule has 2 aromatic carbocycles. The molecule has 1 aliphatic rings. The van der Waals surface area contributed by atoms with Crippen molar-refractivity contribution in [1.82, 2.24) is 14.8 Å². The van der Waals surface area contributed by atoms with Gasteiger partial charge in [-0.3, -0.25) is 4.31 Å². The van der Waals surface area contributed by atoms with Crippen LogP contribution in [0, 0.1) is 0 Å². The number of hydrogen-bond donors (Lipinski definition) is 2. The molecule has 11 heteroatoms. The third-order valence-electron chi connectivity index (χ3n) is 4.46. The van der Waals surface area contributed by atoms with Crippen molar-refractivity contribution in [2.45, 2.75) is 6.42 Å². The second-order valence-electron chi connectivity index (χ2n) is 6.31. The van der Waals surface area contributed by atoms with Gasteiger partial charge >= 0.3 is 0 Å². The van der Waals surface area contributed by atoms with E-state index >= 15 is 0 Å². The van der Waals surface area contributed by atoms with E-state index < -0.39 is 10.0 Å². The smallest absolute Gasteiger partial charge is 0.241 e. The van der Waals surface area contributed by atoms with Crippen molar-refractivity contribution >= 4 is 50.8 Å². The van der Waals surface area contributed by atoms with Crippen LogP contribution in [0.25, 0.3) is 16.8 Å². The van der Waals surface area contributed by atoms with Gasteiger partial charge in [-0.1, -0.05) is 35.3 Å². The Morgan fingerprint density at radius 1 is 1.00 bits per heavy atom. The normalized spacial score (nSPS) is 15.9. The molecule has 1 saturated heterocycles. The first-order valence-electron chi connectivity index (χ1n) is 8.34. The first kappa shape index (κ1) is 18.9. The number of benzene rings is 2. The number of sulfonamides is 1. The van der Waals surface area contributed by atoms with Crippen LogP contribution in [0.5, 0.6) is 0 Å². The Labute approximate surface area is 171 Å². The van der Waals surface area contributed by atoms with Gasteiger partial charge in [-0.15, -0.1) is 5.10 Å². The Kier molecular flexibility index (Phi) is 4.60. The summed E-state index contributed by atoms with van der Waals surface area (Å²) in [6, 6.07) is 10.4. The first-order chi connectivity index (χ1) is 13.3. The van der Waals surface area contributed by atoms with Gasteiger partial charge in [0.2, 0.25) is 21.9 Å². The van der Waals surface area contributed by atoms with E-state index in [4.69, 9.17) is 34.7 Å².